The van der Waals surface area contributed by atoms with Crippen LogP contribution in [0.2, 0.25) is 13.1 Å². The van der Waals surface area contributed by atoms with E-state index in [1.165, 1.54) is 0 Å². The summed E-state index contributed by atoms with van der Waals surface area (Å²) in [5.41, 5.74) is 0. The van der Waals surface area contributed by atoms with Crippen LogP contribution in [-0.4, -0.2) is 33.6 Å². The second-order valence-corrected chi connectivity index (χ2v) is 6.59. The molecule has 0 aromatic carbocycles. The van der Waals surface area contributed by atoms with Crippen molar-refractivity contribution in [3.8, 4) is 0 Å². The van der Waals surface area contributed by atoms with Gasteiger partial charge in [0.2, 0.25) is 0 Å². The van der Waals surface area contributed by atoms with Gasteiger partial charge in [-0.1, -0.05) is 0 Å². The number of ether oxygens (including phenoxy) is 1. The topological polar surface area (TPSA) is 21.7 Å². The normalized spacial score (nSPS) is 21.7. The summed E-state index contributed by atoms with van der Waals surface area (Å²) in [5, 5.41) is 0. The molecule has 9 heavy (non-hydrogen) atoms. The first-order valence-corrected chi connectivity index (χ1v) is 5.90. The van der Waals surface area contributed by atoms with Crippen LogP contribution < -0.4 is 0 Å². The summed E-state index contributed by atoms with van der Waals surface area (Å²) < 4.78 is 12.6. The molecule has 0 atom stereocenters. The van der Waals surface area contributed by atoms with Gasteiger partial charge >= 0.3 is 0 Å². The molecule has 0 bridgehead atoms. The highest BCUT2D eigenvalue weighted by atomic mass is 28.4. The van der Waals surface area contributed by atoms with Crippen molar-refractivity contribution in [2.24, 2.45) is 0 Å². The molecular weight excluding hydrogens is 134 g/mol. The summed E-state index contributed by atoms with van der Waals surface area (Å²) in [6, 6.07) is 0. The fourth-order valence-corrected chi connectivity index (χ4v) is 1.69. The molecule has 0 aliphatic carbocycles. The Morgan fingerprint density at radius 3 is 2.11 bits per heavy atom. The van der Waals surface area contributed by atoms with Crippen LogP contribution in [0.1, 0.15) is 0 Å². The molecule has 1 aliphatic rings. The highest BCUT2D eigenvalue weighted by Crippen LogP contribution is 2.15. The molecule has 1 heterocycles. The van der Waals surface area contributed by atoms with Gasteiger partial charge in [-0.3, -0.25) is 4.57 Å². The lowest BCUT2D eigenvalue weighted by Crippen LogP contribution is -2.58. The van der Waals surface area contributed by atoms with E-state index < -0.39 is 8.48 Å². The van der Waals surface area contributed by atoms with Crippen LogP contribution in [0.4, 0.5) is 0 Å². The zero-order valence-electron chi connectivity index (χ0n) is 6.18. The average Bonchev–Trinajstić information content (AvgIpc) is 1.60. The molecule has 0 aromatic heterocycles. The van der Waals surface area contributed by atoms with Gasteiger partial charge < -0.3 is 9.16 Å². The Morgan fingerprint density at radius 2 is 2.00 bits per heavy atom. The molecule has 1 aliphatic heterocycles. The van der Waals surface area contributed by atoms with Crippen molar-refractivity contribution in [2.45, 2.75) is 13.1 Å². The van der Waals surface area contributed by atoms with Crippen molar-refractivity contribution in [3.05, 3.63) is 0 Å². The summed E-state index contributed by atoms with van der Waals surface area (Å²) >= 11 is 0. The van der Waals surface area contributed by atoms with E-state index in [1.54, 1.807) is 7.11 Å². The number of hydrogen-bond donors (Lipinski definition) is 0. The Kier molecular flexibility index (Phi) is 1.90. The van der Waals surface area contributed by atoms with E-state index in [9.17, 15) is 0 Å². The summed E-state index contributed by atoms with van der Waals surface area (Å²) in [6.07, 6.45) is 0. The van der Waals surface area contributed by atoms with Gasteiger partial charge in [0.25, 0.3) is 8.48 Å². The molecule has 3 nitrogen and oxygen atoms in total. The highest BCUT2D eigenvalue weighted by molar-refractivity contribution is 6.68. The second kappa shape index (κ2) is 2.38. The summed E-state index contributed by atoms with van der Waals surface area (Å²) in [4.78, 5) is 0. The van der Waals surface area contributed by atoms with E-state index in [0.29, 0.717) is 0 Å². The van der Waals surface area contributed by atoms with Gasteiger partial charge in [0, 0.05) is 7.11 Å². The van der Waals surface area contributed by atoms with Crippen LogP contribution in [0.25, 0.3) is 0 Å². The smallest absolute Gasteiger partial charge is 0.268 e. The first kappa shape index (κ1) is 7.21. The van der Waals surface area contributed by atoms with Crippen molar-refractivity contribution >= 4 is 8.48 Å². The number of nitrogens with zero attached hydrogens (tertiary/aromatic N) is 1. The quantitative estimate of drug-likeness (QED) is 0.533. The molecule has 0 amide bonds. The third-order valence-corrected chi connectivity index (χ3v) is 4.54. The van der Waals surface area contributed by atoms with Gasteiger partial charge in [0.1, 0.15) is 0 Å². The van der Waals surface area contributed by atoms with Crippen molar-refractivity contribution in [1.29, 1.82) is 0 Å². The Bertz CT molecular complexity index is 103. The van der Waals surface area contributed by atoms with E-state index in [2.05, 4.69) is 17.7 Å². The van der Waals surface area contributed by atoms with Gasteiger partial charge in [-0.15, -0.1) is 0 Å². The van der Waals surface area contributed by atoms with E-state index >= 15 is 0 Å². The summed E-state index contributed by atoms with van der Waals surface area (Å²) in [6.45, 7) is 5.84. The molecule has 1 saturated heterocycles. The van der Waals surface area contributed by atoms with Gasteiger partial charge in [-0.25, -0.2) is 0 Å². The zero-order valence-corrected chi connectivity index (χ0v) is 7.18. The lowest BCUT2D eigenvalue weighted by molar-refractivity contribution is -0.106. The van der Waals surface area contributed by atoms with E-state index in [1.807, 2.05) is 0 Å². The molecule has 0 N–H and O–H groups in total. The van der Waals surface area contributed by atoms with Crippen LogP contribution >= 0.6 is 0 Å². The molecular formula is C5H13NO2Si. The number of rotatable bonds is 2. The van der Waals surface area contributed by atoms with Crippen LogP contribution in [0, 0.1) is 0 Å². The Morgan fingerprint density at radius 1 is 1.44 bits per heavy atom. The van der Waals surface area contributed by atoms with Crippen LogP contribution in [0.5, 0.6) is 0 Å². The van der Waals surface area contributed by atoms with Crippen LogP contribution in [0.3, 0.4) is 0 Å². The largest absolute Gasteiger partial charge is 0.406 e. The fourth-order valence-electron chi connectivity index (χ4n) is 0.623. The first-order chi connectivity index (χ1) is 4.17. The zero-order chi connectivity index (χ0) is 6.91. The van der Waals surface area contributed by atoms with Gasteiger partial charge in [-0.05, 0) is 13.1 Å². The third-order valence-electron chi connectivity index (χ3n) is 1.76. The molecule has 0 spiro atoms. The summed E-state index contributed by atoms with van der Waals surface area (Å²) in [5.74, 6) is 0. The lowest BCUT2D eigenvalue weighted by Gasteiger charge is -2.40. The molecule has 0 radical (unpaired) electrons. The Balaban J connectivity index is 2.37. The highest BCUT2D eigenvalue weighted by Gasteiger charge is 2.34. The van der Waals surface area contributed by atoms with Gasteiger partial charge in [0.15, 0.2) is 0 Å². The molecule has 1 fully saturated rings. The molecule has 1 rings (SSSR count). The van der Waals surface area contributed by atoms with Gasteiger partial charge in [0.05, 0.1) is 13.5 Å². The van der Waals surface area contributed by atoms with E-state index in [4.69, 9.17) is 9.16 Å². The lowest BCUT2D eigenvalue weighted by atomic mass is 10.9. The Labute approximate surface area is 56.8 Å². The molecule has 0 unspecified atom stereocenters. The molecule has 54 valence electrons. The predicted molar refractivity (Wildman–Crippen MR) is 37.1 cm³/mol. The second-order valence-electron chi connectivity index (χ2n) is 2.65. The SMILES string of the molecule is CO[Si](C)(C)N1COC1. The van der Waals surface area contributed by atoms with Crippen molar-refractivity contribution in [3.63, 3.8) is 0 Å². The minimum Gasteiger partial charge on any atom is -0.406 e. The van der Waals surface area contributed by atoms with Crippen LogP contribution in [0.15, 0.2) is 0 Å². The maximum Gasteiger partial charge on any atom is 0.268 e. The van der Waals surface area contributed by atoms with Crippen molar-refractivity contribution in [1.82, 2.24) is 4.57 Å². The molecule has 0 saturated carbocycles. The predicted octanol–water partition coefficient (Wildman–Crippen LogP) is 0.582. The van der Waals surface area contributed by atoms with Crippen molar-refractivity contribution in [2.75, 3.05) is 20.6 Å². The van der Waals surface area contributed by atoms with Crippen LogP contribution in [-0.2, 0) is 9.16 Å². The minimum absolute atomic E-state index is 0.757. The molecule has 0 aromatic rings. The van der Waals surface area contributed by atoms with Crippen molar-refractivity contribution < 1.29 is 9.16 Å². The monoisotopic (exact) mass is 147 g/mol. The summed E-state index contributed by atoms with van der Waals surface area (Å²) in [7, 11) is 0.283. The standard InChI is InChI=1S/C5H13NO2Si/c1-7-9(2,3)6-4-8-5-6/h4-5H2,1-3H3. The van der Waals surface area contributed by atoms with E-state index in [0.717, 1.165) is 13.5 Å². The third kappa shape index (κ3) is 1.32. The Hall–Kier alpha value is 0.0969. The fraction of sp³-hybridized carbons (Fsp3) is 1.00. The van der Waals surface area contributed by atoms with Gasteiger partial charge in [-0.2, -0.15) is 0 Å². The molecule has 4 heteroatoms. The number of hydrogen-bond acceptors (Lipinski definition) is 3. The average molecular weight is 147 g/mol. The minimum atomic E-state index is -1.49. The maximum absolute atomic E-state index is 5.33. The van der Waals surface area contributed by atoms with E-state index in [-0.39, 0.29) is 0 Å². The first-order valence-electron chi connectivity index (χ1n) is 3.05. The maximum atomic E-state index is 5.33.